The third-order valence-corrected chi connectivity index (χ3v) is 9.58. The van der Waals surface area contributed by atoms with Crippen molar-refractivity contribution in [3.63, 3.8) is 0 Å². The van der Waals surface area contributed by atoms with Crippen molar-refractivity contribution >= 4 is 8.10 Å². The van der Waals surface area contributed by atoms with E-state index in [0.717, 1.165) is 13.1 Å². The van der Waals surface area contributed by atoms with Crippen molar-refractivity contribution in [2.75, 3.05) is 13.1 Å². The Labute approximate surface area is 260 Å². The Morgan fingerprint density at radius 2 is 0.895 bits per heavy atom. The molecule has 5 aliphatic carbocycles. The second-order valence-corrected chi connectivity index (χ2v) is 11.8. The monoisotopic (exact) mass is 627 g/mol. The Hall–Kier alpha value is 0.0190. The Bertz CT molecular complexity index is 654. The van der Waals surface area contributed by atoms with E-state index in [1.165, 1.54) is 89.9 Å². The van der Waals surface area contributed by atoms with E-state index in [4.69, 9.17) is 0 Å². The minimum Gasteiger partial charge on any atom is -0.358 e. The molecule has 1 aliphatic heterocycles. The maximum absolute atomic E-state index is 13.2. The fourth-order valence-corrected chi connectivity index (χ4v) is 7.99. The zero-order valence-corrected chi connectivity index (χ0v) is 27.8. The summed E-state index contributed by atoms with van der Waals surface area (Å²) in [6, 6.07) is 1.11. The molecule has 2 unspecified atom stereocenters. The molecule has 4 atom stereocenters. The van der Waals surface area contributed by atoms with Crippen LogP contribution in [-0.2, 0) is 38.7 Å². The van der Waals surface area contributed by atoms with E-state index in [9.17, 15) is 4.57 Å². The first kappa shape index (κ1) is 42.5. The van der Waals surface area contributed by atoms with Crippen LogP contribution in [0.2, 0.25) is 0 Å². The number of nitrogens with zero attached hydrogens (tertiary/aromatic N) is 2. The van der Waals surface area contributed by atoms with Crippen molar-refractivity contribution in [2.45, 2.75) is 102 Å². The molecule has 0 aromatic heterocycles. The van der Waals surface area contributed by atoms with Gasteiger partial charge in [-0.3, -0.25) is 0 Å². The molecule has 6 aliphatic rings. The van der Waals surface area contributed by atoms with Gasteiger partial charge in [0.05, 0.1) is 25.2 Å². The molecular formula is C32H56Fe2N2OP+. The fourth-order valence-electron chi connectivity index (χ4n) is 5.95. The van der Waals surface area contributed by atoms with Crippen LogP contribution in [0.1, 0.15) is 89.9 Å². The minimum absolute atomic E-state index is 0. The zero-order chi connectivity index (χ0) is 22.0. The van der Waals surface area contributed by atoms with Crippen LogP contribution in [0.25, 0.3) is 0 Å². The average molecular weight is 627 g/mol. The second kappa shape index (κ2) is 23.7. The van der Waals surface area contributed by atoms with Gasteiger partial charge in [0.2, 0.25) is 0 Å². The third kappa shape index (κ3) is 12.7. The third-order valence-electron chi connectivity index (χ3n) is 7.78. The van der Waals surface area contributed by atoms with Crippen LogP contribution >= 0.6 is 8.10 Å². The van der Waals surface area contributed by atoms with Gasteiger partial charge in [0, 0.05) is 0 Å². The number of fused-ring (bicyclic) bond motifs is 1. The quantitative estimate of drug-likeness (QED) is 0.134. The van der Waals surface area contributed by atoms with Crippen LogP contribution in [0, 0.1) is 41.5 Å². The van der Waals surface area contributed by atoms with Crippen molar-refractivity contribution in [3.05, 3.63) is 78.3 Å². The number of hydrogen-bond donors (Lipinski definition) is 0. The van der Waals surface area contributed by atoms with Crippen LogP contribution < -0.4 is 0 Å². The van der Waals surface area contributed by atoms with Crippen LogP contribution in [0.4, 0.5) is 0 Å². The maximum atomic E-state index is 13.2. The summed E-state index contributed by atoms with van der Waals surface area (Å²) in [7, 11) is -1.33. The van der Waals surface area contributed by atoms with Gasteiger partial charge < -0.3 is 29.7 Å². The van der Waals surface area contributed by atoms with E-state index in [2.05, 4.69) is 57.9 Å². The summed E-state index contributed by atoms with van der Waals surface area (Å²) >= 11 is 0. The van der Waals surface area contributed by atoms with Crippen molar-refractivity contribution in [2.24, 2.45) is 11.8 Å². The van der Waals surface area contributed by atoms with E-state index >= 15 is 0 Å². The molecule has 220 valence electrons. The van der Waals surface area contributed by atoms with Crippen molar-refractivity contribution in [3.8, 4) is 0 Å². The zero-order valence-electron chi connectivity index (χ0n) is 24.7. The first-order chi connectivity index (χ1) is 15.8. The van der Waals surface area contributed by atoms with Crippen molar-refractivity contribution < 1.29 is 38.7 Å². The largest absolute Gasteiger partial charge is 2.00 e. The molecule has 2 fully saturated rings. The molecule has 1 saturated carbocycles. The standard InChI is InChI=1S/C18H28N2OP.2C5H8.4CH3.2Fe/c21-22-19(13-15-7-1-2-8-15)17-11-5-6-12-18(17)20(22)14-16-9-3-4-10-16;2*1-2-4-5-3-1;;;;;;/h1,3,7,9,15-18H,2,4-6,8,10-14H2;2*1-2H,3-5H2;4*1H3;;/q+1;;;4*-1;2*+2/t15?,16?,17-,18-;;;;;;;;/m1......../s1. The molecule has 0 spiro atoms. The normalized spacial score (nSPS) is 29.0. The van der Waals surface area contributed by atoms with Gasteiger partial charge in [-0.25, -0.2) is 0 Å². The van der Waals surface area contributed by atoms with Gasteiger partial charge in [-0.2, -0.15) is 0 Å². The van der Waals surface area contributed by atoms with Gasteiger partial charge in [0.1, 0.15) is 0 Å². The molecule has 0 radical (unpaired) electrons. The summed E-state index contributed by atoms with van der Waals surface area (Å²) in [6.45, 7) is 2.04. The molecule has 3 nitrogen and oxygen atoms in total. The number of allylic oxidation sites excluding steroid dienone is 6. The molecule has 6 heteroatoms. The molecule has 0 amide bonds. The van der Waals surface area contributed by atoms with Gasteiger partial charge >= 0.3 is 42.2 Å². The Balaban J connectivity index is -0.000000653. The SMILES string of the molecule is C1=CCCC1.C1=CCCC1.O=[P+]1N(CC2C=CCC2)[C@@H]2CCCC[C@H]2N1CC1C=CCC1.[CH3-].[CH3-].[CH3-].[CH3-].[Fe+2].[Fe+2]. The second-order valence-electron chi connectivity index (χ2n) is 10.3. The maximum Gasteiger partial charge on any atom is 2.00 e. The topological polar surface area (TPSA) is 23.6 Å². The van der Waals surface area contributed by atoms with Gasteiger partial charge in [0.15, 0.2) is 0 Å². The van der Waals surface area contributed by atoms with Gasteiger partial charge in [-0.1, -0.05) is 70.8 Å². The Morgan fingerprint density at radius 3 is 1.16 bits per heavy atom. The van der Waals surface area contributed by atoms with Gasteiger partial charge in [-0.15, -0.1) is 0 Å². The minimum atomic E-state index is -1.33. The van der Waals surface area contributed by atoms with Crippen molar-refractivity contribution in [1.29, 1.82) is 0 Å². The van der Waals surface area contributed by atoms with E-state index in [1.807, 2.05) is 0 Å². The van der Waals surface area contributed by atoms with Gasteiger partial charge in [-0.05, 0) is 93.5 Å². The molecule has 0 bridgehead atoms. The summed E-state index contributed by atoms with van der Waals surface area (Å²) in [6.07, 6.45) is 36.4. The molecule has 38 heavy (non-hydrogen) atoms. The summed E-state index contributed by atoms with van der Waals surface area (Å²) in [4.78, 5) is 0. The first-order valence-corrected chi connectivity index (χ1v) is 14.6. The predicted octanol–water partition coefficient (Wildman–Crippen LogP) is 9.75. The summed E-state index contributed by atoms with van der Waals surface area (Å²) in [5, 5.41) is 0. The average Bonchev–Trinajstić information content (AvgIpc) is 3.64. The number of hydrogen-bond acceptors (Lipinski definition) is 1. The molecule has 0 N–H and O–H groups in total. The van der Waals surface area contributed by atoms with E-state index in [1.54, 1.807) is 0 Å². The smallest absolute Gasteiger partial charge is 0.358 e. The fraction of sp³-hybridized carbons (Fsp3) is 0.625. The Kier molecular flexibility index (Phi) is 26.5. The van der Waals surface area contributed by atoms with E-state index in [0.29, 0.717) is 23.9 Å². The molecule has 6 rings (SSSR count). The summed E-state index contributed by atoms with van der Waals surface area (Å²) < 4.78 is 18.0. The van der Waals surface area contributed by atoms with Crippen LogP contribution in [0.5, 0.6) is 0 Å². The summed E-state index contributed by atoms with van der Waals surface area (Å²) in [5.74, 6) is 1.26. The molecule has 0 aromatic carbocycles. The van der Waals surface area contributed by atoms with E-state index < -0.39 is 8.10 Å². The predicted molar refractivity (Wildman–Crippen MR) is 162 cm³/mol. The van der Waals surface area contributed by atoms with E-state index in [-0.39, 0.29) is 63.8 Å². The molecule has 1 saturated heterocycles. The molecule has 0 aromatic rings. The first-order valence-electron chi connectivity index (χ1n) is 13.5. The van der Waals surface area contributed by atoms with Gasteiger partial charge in [0.25, 0.3) is 0 Å². The van der Waals surface area contributed by atoms with Crippen LogP contribution in [-0.4, -0.2) is 34.5 Å². The van der Waals surface area contributed by atoms with Crippen LogP contribution in [0.15, 0.2) is 48.6 Å². The van der Waals surface area contributed by atoms with Crippen molar-refractivity contribution in [1.82, 2.24) is 9.34 Å². The van der Waals surface area contributed by atoms with Crippen LogP contribution in [0.3, 0.4) is 0 Å². The summed E-state index contributed by atoms with van der Waals surface area (Å²) in [5.41, 5.74) is 0. The molecule has 1 heterocycles. The Morgan fingerprint density at radius 1 is 0.526 bits per heavy atom. The number of rotatable bonds is 4. The molecular weight excluding hydrogens is 571 g/mol.